The van der Waals surface area contributed by atoms with E-state index in [4.69, 9.17) is 0 Å². The van der Waals surface area contributed by atoms with Crippen LogP contribution in [-0.4, -0.2) is 0 Å². The smallest absolute Gasteiger partial charge is 0.0725 e. The van der Waals surface area contributed by atoms with Gasteiger partial charge in [-0.25, -0.2) is 0 Å². The van der Waals surface area contributed by atoms with Crippen molar-refractivity contribution in [3.8, 4) is 77.9 Å². The summed E-state index contributed by atoms with van der Waals surface area (Å²) in [6, 6.07) is 120. The molecule has 2 heteroatoms. The molecule has 2 nitrogen and oxygen atoms in total. The summed E-state index contributed by atoms with van der Waals surface area (Å²) in [5.74, 6) is 0. The monoisotopic (exact) mass is 1030 g/mol. The third-order valence-electron chi connectivity index (χ3n) is 16.7. The van der Waals surface area contributed by atoms with Crippen LogP contribution >= 0.6 is 0 Å². The highest BCUT2D eigenvalue weighted by Gasteiger charge is 2.52. The van der Waals surface area contributed by atoms with E-state index in [0.717, 1.165) is 39.7 Å². The SMILES string of the molecule is c1ccc(-c2ccc(N(c3ccc(-c4ccccc4)cc3)c3ccc(N(c4ccc(-c5ccccc5)cc4)c4ccc(-c5ccccc5)cc4)c(-c4cccc5c4-c4ccccc4C54c5ccccc5-c5ccccc54)c3)cc2)cc1. The lowest BCUT2D eigenvalue weighted by atomic mass is 9.70. The first-order valence-corrected chi connectivity index (χ1v) is 28.0. The van der Waals surface area contributed by atoms with Gasteiger partial charge in [0.1, 0.15) is 0 Å². The molecule has 2 aliphatic rings. The second-order valence-electron chi connectivity index (χ2n) is 21.1. The Balaban J connectivity index is 0.991. The van der Waals surface area contributed by atoms with Crippen LogP contribution in [0, 0.1) is 0 Å². The van der Waals surface area contributed by atoms with Gasteiger partial charge in [0.25, 0.3) is 0 Å². The van der Waals surface area contributed by atoms with Gasteiger partial charge < -0.3 is 9.80 Å². The first kappa shape index (κ1) is 47.7. The highest BCUT2D eigenvalue weighted by molar-refractivity contribution is 6.03. The number of nitrogens with zero attached hydrogens (tertiary/aromatic N) is 2. The highest BCUT2D eigenvalue weighted by Crippen LogP contribution is 2.64. The van der Waals surface area contributed by atoms with Crippen LogP contribution < -0.4 is 9.80 Å². The fourth-order valence-electron chi connectivity index (χ4n) is 13.1. The number of rotatable bonds is 11. The predicted molar refractivity (Wildman–Crippen MR) is 339 cm³/mol. The summed E-state index contributed by atoms with van der Waals surface area (Å²) in [6.45, 7) is 0. The van der Waals surface area contributed by atoms with Crippen molar-refractivity contribution in [3.63, 3.8) is 0 Å². The normalized spacial score (nSPS) is 12.3. The van der Waals surface area contributed by atoms with Crippen LogP contribution in [-0.2, 0) is 5.41 Å². The van der Waals surface area contributed by atoms with Crippen LogP contribution in [0.1, 0.15) is 22.3 Å². The second-order valence-corrected chi connectivity index (χ2v) is 21.1. The van der Waals surface area contributed by atoms with Crippen molar-refractivity contribution in [3.05, 3.63) is 350 Å². The fourth-order valence-corrected chi connectivity index (χ4v) is 13.1. The van der Waals surface area contributed by atoms with Gasteiger partial charge in [-0.15, -0.1) is 0 Å². The number of hydrogen-bond acceptors (Lipinski definition) is 2. The Morgan fingerprint density at radius 1 is 0.185 bits per heavy atom. The summed E-state index contributed by atoms with van der Waals surface area (Å²) in [5.41, 5.74) is 27.9. The van der Waals surface area contributed by atoms with Gasteiger partial charge in [-0.05, 0) is 161 Å². The van der Waals surface area contributed by atoms with E-state index in [9.17, 15) is 0 Å². The lowest BCUT2D eigenvalue weighted by molar-refractivity contribution is 0.794. The van der Waals surface area contributed by atoms with E-state index in [1.165, 1.54) is 94.6 Å². The molecule has 0 aromatic heterocycles. The summed E-state index contributed by atoms with van der Waals surface area (Å²) in [6.07, 6.45) is 0. The summed E-state index contributed by atoms with van der Waals surface area (Å²) in [7, 11) is 0. The van der Waals surface area contributed by atoms with E-state index in [2.05, 4.69) is 337 Å². The van der Waals surface area contributed by atoms with Crippen molar-refractivity contribution >= 4 is 34.1 Å². The van der Waals surface area contributed by atoms with Crippen LogP contribution in [0.4, 0.5) is 34.1 Å². The molecule has 0 heterocycles. The molecule has 13 aromatic rings. The molecular weight excluding hydrogens is 977 g/mol. The quantitative estimate of drug-likeness (QED) is 0.127. The number of anilines is 6. The molecule has 0 atom stereocenters. The van der Waals surface area contributed by atoms with Crippen LogP contribution in [0.2, 0.25) is 0 Å². The van der Waals surface area contributed by atoms with E-state index in [0.29, 0.717) is 0 Å². The zero-order valence-electron chi connectivity index (χ0n) is 44.6. The highest BCUT2D eigenvalue weighted by atomic mass is 15.2. The van der Waals surface area contributed by atoms with Crippen molar-refractivity contribution in [1.82, 2.24) is 0 Å². The molecule has 15 rings (SSSR count). The lowest BCUT2D eigenvalue weighted by Gasteiger charge is -2.32. The van der Waals surface area contributed by atoms with Crippen molar-refractivity contribution in [1.29, 1.82) is 0 Å². The van der Waals surface area contributed by atoms with Gasteiger partial charge in [-0.1, -0.05) is 261 Å². The number of fused-ring (bicyclic) bond motifs is 10. The van der Waals surface area contributed by atoms with Crippen molar-refractivity contribution in [2.24, 2.45) is 0 Å². The number of benzene rings is 13. The van der Waals surface area contributed by atoms with Gasteiger partial charge in [0, 0.05) is 34.0 Å². The summed E-state index contributed by atoms with van der Waals surface area (Å²) < 4.78 is 0. The molecule has 0 unspecified atom stereocenters. The van der Waals surface area contributed by atoms with Crippen LogP contribution in [0.3, 0.4) is 0 Å². The Labute approximate surface area is 474 Å². The third kappa shape index (κ3) is 8.11. The van der Waals surface area contributed by atoms with Gasteiger partial charge in [0.15, 0.2) is 0 Å². The fraction of sp³-hybridized carbons (Fsp3) is 0.0127. The van der Waals surface area contributed by atoms with Crippen molar-refractivity contribution in [2.75, 3.05) is 9.80 Å². The zero-order chi connectivity index (χ0) is 53.7. The van der Waals surface area contributed by atoms with Gasteiger partial charge >= 0.3 is 0 Å². The number of hydrogen-bond donors (Lipinski definition) is 0. The molecule has 0 fully saturated rings. The minimum Gasteiger partial charge on any atom is -0.310 e. The Bertz CT molecular complexity index is 4190. The molecule has 0 amide bonds. The van der Waals surface area contributed by atoms with Gasteiger partial charge in [0.05, 0.1) is 11.1 Å². The minimum absolute atomic E-state index is 0.514. The first-order valence-electron chi connectivity index (χ1n) is 28.0. The van der Waals surface area contributed by atoms with Crippen molar-refractivity contribution < 1.29 is 0 Å². The molecule has 2 aliphatic carbocycles. The largest absolute Gasteiger partial charge is 0.310 e. The average molecular weight is 1030 g/mol. The van der Waals surface area contributed by atoms with Crippen LogP contribution in [0.15, 0.2) is 328 Å². The maximum Gasteiger partial charge on any atom is 0.0725 e. The van der Waals surface area contributed by atoms with Gasteiger partial charge in [-0.2, -0.15) is 0 Å². The summed E-state index contributed by atoms with van der Waals surface area (Å²) in [5, 5.41) is 0. The van der Waals surface area contributed by atoms with E-state index < -0.39 is 5.41 Å². The summed E-state index contributed by atoms with van der Waals surface area (Å²) >= 11 is 0. The topological polar surface area (TPSA) is 6.48 Å². The Morgan fingerprint density at radius 3 is 0.889 bits per heavy atom. The average Bonchev–Trinajstić information content (AvgIpc) is 2.70. The maximum absolute atomic E-state index is 2.46. The molecule has 0 saturated carbocycles. The minimum atomic E-state index is -0.514. The third-order valence-corrected chi connectivity index (χ3v) is 16.7. The summed E-state index contributed by atoms with van der Waals surface area (Å²) in [4.78, 5) is 4.89. The molecule has 1 spiro atoms. The van der Waals surface area contributed by atoms with Crippen LogP contribution in [0.25, 0.3) is 77.9 Å². The predicted octanol–water partition coefficient (Wildman–Crippen LogP) is 21.3. The molecule has 0 saturated heterocycles. The second kappa shape index (κ2) is 20.0. The molecule has 0 bridgehead atoms. The molecule has 0 N–H and O–H groups in total. The molecular formula is C79H54N2. The van der Waals surface area contributed by atoms with Gasteiger partial charge in [0.2, 0.25) is 0 Å². The molecule has 13 aromatic carbocycles. The Morgan fingerprint density at radius 2 is 0.481 bits per heavy atom. The lowest BCUT2D eigenvalue weighted by Crippen LogP contribution is -2.25. The first-order chi connectivity index (χ1) is 40.2. The van der Waals surface area contributed by atoms with Crippen molar-refractivity contribution in [2.45, 2.75) is 5.41 Å². The van der Waals surface area contributed by atoms with E-state index in [-0.39, 0.29) is 0 Å². The Hall–Kier alpha value is -10.5. The molecule has 0 radical (unpaired) electrons. The van der Waals surface area contributed by atoms with Gasteiger partial charge in [-0.3, -0.25) is 0 Å². The molecule has 81 heavy (non-hydrogen) atoms. The van der Waals surface area contributed by atoms with Crippen LogP contribution in [0.5, 0.6) is 0 Å². The van der Waals surface area contributed by atoms with E-state index >= 15 is 0 Å². The molecule has 380 valence electrons. The zero-order valence-corrected chi connectivity index (χ0v) is 44.6. The van der Waals surface area contributed by atoms with E-state index in [1.54, 1.807) is 0 Å². The molecule has 0 aliphatic heterocycles. The maximum atomic E-state index is 2.46. The Kier molecular flexibility index (Phi) is 11.8. The standard InChI is InChI=1S/C79H54N2/c1-5-20-55(21-6-1)59-36-44-63(45-37-59)80(64-46-38-60(39-47-64)56-22-7-2-8-23-56)67-52-53-77(81(65-48-40-61(41-49-65)57-24-9-3-10-25-57)66-50-42-62(43-51-66)58-26-11-4-12-27-58)72(54-67)70-31-19-35-76-78(70)71-30-15-18-34-75(71)79(76)73-32-16-13-28-68(73)69-29-14-17-33-74(69)79/h1-54H. The van der Waals surface area contributed by atoms with E-state index in [1.807, 2.05) is 0 Å².